The third kappa shape index (κ3) is 4.90. The van der Waals surface area contributed by atoms with Crippen molar-refractivity contribution in [3.63, 3.8) is 0 Å². The van der Waals surface area contributed by atoms with E-state index in [0.717, 1.165) is 16.9 Å². The summed E-state index contributed by atoms with van der Waals surface area (Å²) in [5, 5.41) is 11.1. The van der Waals surface area contributed by atoms with Crippen LogP contribution < -0.4 is 15.4 Å². The van der Waals surface area contributed by atoms with E-state index in [4.69, 9.17) is 16.3 Å². The summed E-state index contributed by atoms with van der Waals surface area (Å²) in [4.78, 5) is 17.7. The predicted octanol–water partition coefficient (Wildman–Crippen LogP) is 5.75. The van der Waals surface area contributed by atoms with Gasteiger partial charge in [-0.1, -0.05) is 53.6 Å². The maximum absolute atomic E-state index is 13.4. The number of ether oxygens (including phenoxy) is 1. The number of anilines is 2. The Hall–Kier alpha value is -4.10. The number of nitrogens with zero attached hydrogens (tertiary/aromatic N) is 3. The molecule has 3 aromatic carbocycles. The molecule has 4 aromatic rings. The maximum Gasteiger partial charge on any atom is 0.255 e. The molecule has 1 aliphatic rings. The Kier molecular flexibility index (Phi) is 6.25. The second-order valence-corrected chi connectivity index (χ2v) is 8.84. The van der Waals surface area contributed by atoms with Crippen molar-refractivity contribution in [1.82, 2.24) is 14.8 Å². The van der Waals surface area contributed by atoms with Gasteiger partial charge in [0.15, 0.2) is 0 Å². The standard InChI is InChI=1S/C27H24ClN5O2/c1-17-4-3-5-19(14-17)15-35-23-12-6-20(7-13-23)25-24(18(2)31-27-29-16-30-33(25)27)26(34)32-22-10-8-21(28)9-11-22/h3-14,16,25H,15H2,1-2H3,(H,32,34)(H,29,30,31)/t25-/m0/s1. The molecule has 2 heterocycles. The quantitative estimate of drug-likeness (QED) is 0.363. The van der Waals surface area contributed by atoms with E-state index < -0.39 is 6.04 Å². The number of benzene rings is 3. The Morgan fingerprint density at radius 3 is 2.60 bits per heavy atom. The topological polar surface area (TPSA) is 81.1 Å². The highest BCUT2D eigenvalue weighted by Crippen LogP contribution is 2.36. The Morgan fingerprint density at radius 2 is 1.86 bits per heavy atom. The monoisotopic (exact) mass is 485 g/mol. The molecule has 0 spiro atoms. The lowest BCUT2D eigenvalue weighted by molar-refractivity contribution is -0.113. The molecule has 0 saturated heterocycles. The fourth-order valence-corrected chi connectivity index (χ4v) is 4.27. The third-order valence-corrected chi connectivity index (χ3v) is 6.08. The molecule has 0 saturated carbocycles. The molecule has 7 nitrogen and oxygen atoms in total. The fourth-order valence-electron chi connectivity index (χ4n) is 4.14. The highest BCUT2D eigenvalue weighted by atomic mass is 35.5. The number of carbonyl (C=O) groups excluding carboxylic acids is 1. The second-order valence-electron chi connectivity index (χ2n) is 8.40. The van der Waals surface area contributed by atoms with Crippen LogP contribution in [0.3, 0.4) is 0 Å². The zero-order valence-corrected chi connectivity index (χ0v) is 20.1. The van der Waals surface area contributed by atoms with Crippen LogP contribution >= 0.6 is 11.6 Å². The van der Waals surface area contributed by atoms with Gasteiger partial charge in [-0.15, -0.1) is 0 Å². The first-order valence-electron chi connectivity index (χ1n) is 11.2. The van der Waals surface area contributed by atoms with E-state index in [0.29, 0.717) is 34.5 Å². The summed E-state index contributed by atoms with van der Waals surface area (Å²) in [6.07, 6.45) is 1.47. The number of hydrogen-bond acceptors (Lipinski definition) is 5. The fraction of sp³-hybridized carbons (Fsp3) is 0.148. The van der Waals surface area contributed by atoms with Crippen LogP contribution in [0.5, 0.6) is 5.75 Å². The lowest BCUT2D eigenvalue weighted by Gasteiger charge is -2.28. The number of allylic oxidation sites excluding steroid dienone is 1. The number of amides is 1. The Balaban J connectivity index is 1.40. The lowest BCUT2D eigenvalue weighted by Crippen LogP contribution is -2.31. The molecule has 1 amide bonds. The zero-order valence-electron chi connectivity index (χ0n) is 19.3. The van der Waals surface area contributed by atoms with Crippen molar-refractivity contribution in [2.45, 2.75) is 26.5 Å². The summed E-state index contributed by atoms with van der Waals surface area (Å²) in [5.41, 5.74) is 5.11. The van der Waals surface area contributed by atoms with Crippen molar-refractivity contribution in [2.24, 2.45) is 0 Å². The number of carbonyl (C=O) groups is 1. The molecule has 1 atom stereocenters. The number of nitrogens with one attached hydrogen (secondary N) is 2. The predicted molar refractivity (Wildman–Crippen MR) is 137 cm³/mol. The molecule has 35 heavy (non-hydrogen) atoms. The summed E-state index contributed by atoms with van der Waals surface area (Å²) in [6.45, 7) is 4.41. The van der Waals surface area contributed by atoms with Gasteiger partial charge in [-0.2, -0.15) is 10.1 Å². The lowest BCUT2D eigenvalue weighted by atomic mass is 9.95. The molecule has 0 aliphatic carbocycles. The maximum atomic E-state index is 13.4. The van der Waals surface area contributed by atoms with Gasteiger partial charge in [0.25, 0.3) is 5.91 Å². The Bertz CT molecular complexity index is 1390. The van der Waals surface area contributed by atoms with Crippen LogP contribution in [0.15, 0.2) is 90.4 Å². The van der Waals surface area contributed by atoms with Crippen molar-refractivity contribution in [2.75, 3.05) is 10.6 Å². The van der Waals surface area contributed by atoms with Gasteiger partial charge < -0.3 is 15.4 Å². The molecule has 176 valence electrons. The van der Waals surface area contributed by atoms with Crippen LogP contribution in [-0.2, 0) is 11.4 Å². The van der Waals surface area contributed by atoms with Gasteiger partial charge >= 0.3 is 0 Å². The second kappa shape index (κ2) is 9.64. The number of hydrogen-bond donors (Lipinski definition) is 2. The summed E-state index contributed by atoms with van der Waals surface area (Å²) in [5.74, 6) is 1.09. The van der Waals surface area contributed by atoms with E-state index in [1.807, 2.05) is 43.3 Å². The van der Waals surface area contributed by atoms with Gasteiger partial charge in [0.2, 0.25) is 5.95 Å². The molecule has 2 N–H and O–H groups in total. The minimum atomic E-state index is -0.452. The first kappa shape index (κ1) is 22.7. The smallest absolute Gasteiger partial charge is 0.255 e. The van der Waals surface area contributed by atoms with E-state index in [9.17, 15) is 4.79 Å². The minimum Gasteiger partial charge on any atom is -0.489 e. The summed E-state index contributed by atoms with van der Waals surface area (Å²) in [7, 11) is 0. The zero-order chi connectivity index (χ0) is 24.4. The highest BCUT2D eigenvalue weighted by Gasteiger charge is 2.33. The van der Waals surface area contributed by atoms with Crippen LogP contribution in [0, 0.1) is 6.92 Å². The number of aryl methyl sites for hydroxylation is 1. The Morgan fingerprint density at radius 1 is 1.09 bits per heavy atom. The van der Waals surface area contributed by atoms with Crippen molar-refractivity contribution < 1.29 is 9.53 Å². The molecule has 5 rings (SSSR count). The molecular formula is C27H24ClN5O2. The van der Waals surface area contributed by atoms with Gasteiger partial charge in [0.05, 0.1) is 5.57 Å². The van der Waals surface area contributed by atoms with E-state index in [-0.39, 0.29) is 5.91 Å². The Labute approximate surface area is 208 Å². The van der Waals surface area contributed by atoms with Gasteiger partial charge in [-0.3, -0.25) is 4.79 Å². The first-order chi connectivity index (χ1) is 17.0. The average Bonchev–Trinajstić information content (AvgIpc) is 3.32. The van der Waals surface area contributed by atoms with E-state index in [2.05, 4.69) is 39.8 Å². The largest absolute Gasteiger partial charge is 0.489 e. The van der Waals surface area contributed by atoms with Crippen LogP contribution in [0.25, 0.3) is 0 Å². The highest BCUT2D eigenvalue weighted by molar-refractivity contribution is 6.30. The number of halogens is 1. The van der Waals surface area contributed by atoms with Crippen molar-refractivity contribution in [3.8, 4) is 5.75 Å². The summed E-state index contributed by atoms with van der Waals surface area (Å²) >= 11 is 5.98. The van der Waals surface area contributed by atoms with Crippen molar-refractivity contribution in [3.05, 3.63) is 112 Å². The van der Waals surface area contributed by atoms with E-state index in [1.165, 1.54) is 11.9 Å². The first-order valence-corrected chi connectivity index (χ1v) is 11.6. The molecule has 1 aliphatic heterocycles. The molecule has 0 unspecified atom stereocenters. The van der Waals surface area contributed by atoms with E-state index >= 15 is 0 Å². The molecule has 8 heteroatoms. The van der Waals surface area contributed by atoms with Gasteiger partial charge in [-0.05, 0) is 61.4 Å². The van der Waals surface area contributed by atoms with Gasteiger partial charge in [0.1, 0.15) is 24.7 Å². The van der Waals surface area contributed by atoms with Crippen LogP contribution in [0.2, 0.25) is 5.02 Å². The molecule has 0 radical (unpaired) electrons. The minimum absolute atomic E-state index is 0.233. The number of fused-ring (bicyclic) bond motifs is 1. The number of rotatable bonds is 6. The molecular weight excluding hydrogens is 462 g/mol. The normalized spacial score (nSPS) is 14.8. The van der Waals surface area contributed by atoms with Crippen LogP contribution in [-0.4, -0.2) is 20.7 Å². The van der Waals surface area contributed by atoms with Crippen LogP contribution in [0.1, 0.15) is 29.7 Å². The summed E-state index contributed by atoms with van der Waals surface area (Å²) < 4.78 is 7.69. The molecule has 0 bridgehead atoms. The molecule has 1 aromatic heterocycles. The van der Waals surface area contributed by atoms with Gasteiger partial charge in [0, 0.05) is 16.4 Å². The molecule has 0 fully saturated rings. The third-order valence-electron chi connectivity index (χ3n) is 5.82. The average molecular weight is 486 g/mol. The van der Waals surface area contributed by atoms with Crippen molar-refractivity contribution >= 4 is 29.1 Å². The summed E-state index contributed by atoms with van der Waals surface area (Å²) in [6, 6.07) is 22.5. The van der Waals surface area contributed by atoms with Gasteiger partial charge in [-0.25, -0.2) is 4.68 Å². The van der Waals surface area contributed by atoms with E-state index in [1.54, 1.807) is 28.9 Å². The van der Waals surface area contributed by atoms with Crippen molar-refractivity contribution in [1.29, 1.82) is 0 Å². The number of aromatic nitrogens is 3. The SMILES string of the molecule is CC1=C(C(=O)Nc2ccc(Cl)cc2)[C@H](c2ccc(OCc3cccc(C)c3)cc2)n2ncnc2N1. The van der Waals surface area contributed by atoms with Crippen LogP contribution in [0.4, 0.5) is 11.6 Å².